The smallest absolute Gasteiger partial charge is 0.325 e. The average Bonchev–Trinajstić information content (AvgIpc) is 3.17. The van der Waals surface area contributed by atoms with Gasteiger partial charge >= 0.3 is 11.9 Å². The van der Waals surface area contributed by atoms with E-state index in [9.17, 15) is 18.0 Å². The number of benzene rings is 1. The van der Waals surface area contributed by atoms with Crippen molar-refractivity contribution in [2.45, 2.75) is 31.9 Å². The van der Waals surface area contributed by atoms with Gasteiger partial charge in [0.2, 0.25) is 6.79 Å². The molecule has 1 heterocycles. The van der Waals surface area contributed by atoms with Gasteiger partial charge < -0.3 is 18.9 Å². The van der Waals surface area contributed by atoms with Crippen molar-refractivity contribution in [1.29, 1.82) is 0 Å². The van der Waals surface area contributed by atoms with Gasteiger partial charge in [-0.05, 0) is 31.5 Å². The van der Waals surface area contributed by atoms with Crippen LogP contribution in [0.5, 0.6) is 11.5 Å². The summed E-state index contributed by atoms with van der Waals surface area (Å²) < 4.78 is 46.3. The Bertz CT molecular complexity index is 842. The summed E-state index contributed by atoms with van der Waals surface area (Å²) in [6.07, 6.45) is 0. The molecule has 2 aliphatic rings. The van der Waals surface area contributed by atoms with Crippen LogP contribution in [0, 0.1) is 5.41 Å². The highest BCUT2D eigenvalue weighted by Gasteiger charge is 2.81. The first-order valence-electron chi connectivity index (χ1n) is 8.80. The summed E-state index contributed by atoms with van der Waals surface area (Å²) in [6, 6.07) is 4.87. The Morgan fingerprint density at radius 1 is 1.07 bits per heavy atom. The predicted octanol–water partition coefficient (Wildman–Crippen LogP) is 1.43. The van der Waals surface area contributed by atoms with Crippen LogP contribution in [0.3, 0.4) is 0 Å². The van der Waals surface area contributed by atoms with E-state index in [1.807, 2.05) is 0 Å². The Labute approximate surface area is 157 Å². The number of fused-ring (bicyclic) bond motifs is 1. The largest absolute Gasteiger partial charge is 0.465 e. The Morgan fingerprint density at radius 3 is 2.22 bits per heavy atom. The number of carbonyl (C=O) groups excluding carboxylic acids is 2. The van der Waals surface area contributed by atoms with Crippen LogP contribution < -0.4 is 9.47 Å². The monoisotopic (exact) mass is 398 g/mol. The van der Waals surface area contributed by atoms with Crippen molar-refractivity contribution < 1.29 is 37.0 Å². The first-order chi connectivity index (χ1) is 12.8. The fourth-order valence-electron chi connectivity index (χ4n) is 3.64. The molecule has 0 unspecified atom stereocenters. The molecule has 1 aromatic rings. The van der Waals surface area contributed by atoms with Crippen LogP contribution in [0.15, 0.2) is 18.2 Å². The molecule has 1 saturated carbocycles. The van der Waals surface area contributed by atoms with Crippen LogP contribution in [0.2, 0.25) is 0 Å². The first-order valence-corrected chi connectivity index (χ1v) is 10.5. The van der Waals surface area contributed by atoms with Gasteiger partial charge in [0, 0.05) is 11.7 Å². The Kier molecular flexibility index (Phi) is 5.07. The summed E-state index contributed by atoms with van der Waals surface area (Å²) in [5, 5.41) is -1.24. The second kappa shape index (κ2) is 7.03. The van der Waals surface area contributed by atoms with Crippen LogP contribution in [0.25, 0.3) is 0 Å². The molecule has 0 bridgehead atoms. The predicted molar refractivity (Wildman–Crippen MR) is 94.3 cm³/mol. The van der Waals surface area contributed by atoms with E-state index >= 15 is 0 Å². The van der Waals surface area contributed by atoms with Crippen molar-refractivity contribution in [3.8, 4) is 11.5 Å². The lowest BCUT2D eigenvalue weighted by Gasteiger charge is -2.15. The molecule has 1 fully saturated rings. The zero-order valence-electron chi connectivity index (χ0n) is 15.4. The summed E-state index contributed by atoms with van der Waals surface area (Å²) in [5.41, 5.74) is -1.42. The third-order valence-electron chi connectivity index (χ3n) is 4.90. The molecule has 1 aliphatic carbocycles. The molecule has 27 heavy (non-hydrogen) atoms. The summed E-state index contributed by atoms with van der Waals surface area (Å²) in [4.78, 5) is 25.6. The Hall–Kier alpha value is -2.29. The minimum Gasteiger partial charge on any atom is -0.465 e. The van der Waals surface area contributed by atoms with Gasteiger partial charge in [-0.2, -0.15) is 0 Å². The molecule has 9 heteroatoms. The quantitative estimate of drug-likeness (QED) is 0.502. The molecule has 0 aromatic heterocycles. The highest BCUT2D eigenvalue weighted by atomic mass is 32.2. The maximum absolute atomic E-state index is 12.8. The van der Waals surface area contributed by atoms with E-state index in [-0.39, 0.29) is 25.8 Å². The molecule has 3 rings (SSSR count). The molecule has 0 N–H and O–H groups in total. The van der Waals surface area contributed by atoms with Gasteiger partial charge in [-0.3, -0.25) is 9.59 Å². The molecular weight excluding hydrogens is 376 g/mol. The number of rotatable bonds is 7. The van der Waals surface area contributed by atoms with Gasteiger partial charge in [-0.25, -0.2) is 8.42 Å². The number of ether oxygens (including phenoxy) is 4. The summed E-state index contributed by atoms with van der Waals surface area (Å²) >= 11 is 0. The summed E-state index contributed by atoms with van der Waals surface area (Å²) in [7, 11) is -3.74. The fraction of sp³-hybridized carbons (Fsp3) is 0.556. The third kappa shape index (κ3) is 2.93. The van der Waals surface area contributed by atoms with Gasteiger partial charge in [0.25, 0.3) is 0 Å². The van der Waals surface area contributed by atoms with Gasteiger partial charge in [0.1, 0.15) is 0 Å². The second-order valence-electron chi connectivity index (χ2n) is 6.27. The SMILES string of the molecule is CCOC(=O)C1(C(=O)OCC)[C@H](c2ccc3c(c2)OCO3)[C@@H]1S(=O)(=O)CC. The van der Waals surface area contributed by atoms with E-state index in [0.717, 1.165) is 0 Å². The lowest BCUT2D eigenvalue weighted by molar-refractivity contribution is -0.164. The van der Waals surface area contributed by atoms with E-state index in [4.69, 9.17) is 18.9 Å². The minimum absolute atomic E-state index is 0.0206. The van der Waals surface area contributed by atoms with Crippen molar-refractivity contribution >= 4 is 21.8 Å². The van der Waals surface area contributed by atoms with Crippen LogP contribution in [0.4, 0.5) is 0 Å². The molecule has 0 saturated heterocycles. The average molecular weight is 398 g/mol. The van der Waals surface area contributed by atoms with Crippen molar-refractivity contribution in [3.63, 3.8) is 0 Å². The number of sulfone groups is 1. The number of hydrogen-bond donors (Lipinski definition) is 0. The van der Waals surface area contributed by atoms with E-state index < -0.39 is 38.4 Å². The lowest BCUT2D eigenvalue weighted by Crippen LogP contribution is -2.36. The third-order valence-corrected chi connectivity index (χ3v) is 7.13. The Balaban J connectivity index is 2.13. The topological polar surface area (TPSA) is 105 Å². The van der Waals surface area contributed by atoms with E-state index in [1.54, 1.807) is 32.0 Å². The zero-order valence-corrected chi connectivity index (χ0v) is 16.2. The molecule has 8 nitrogen and oxygen atoms in total. The van der Waals surface area contributed by atoms with Crippen LogP contribution >= 0.6 is 0 Å². The highest BCUT2D eigenvalue weighted by Crippen LogP contribution is 2.65. The normalized spacial score (nSPS) is 22.2. The molecular formula is C18H22O8S. The summed E-state index contributed by atoms with van der Waals surface area (Å²) in [6.45, 7) is 4.77. The van der Waals surface area contributed by atoms with E-state index in [1.165, 1.54) is 6.92 Å². The molecule has 1 aliphatic heterocycles. The van der Waals surface area contributed by atoms with E-state index in [0.29, 0.717) is 17.1 Å². The molecule has 2 atom stereocenters. The van der Waals surface area contributed by atoms with Crippen molar-refractivity contribution in [1.82, 2.24) is 0 Å². The molecule has 0 radical (unpaired) electrons. The number of hydrogen-bond acceptors (Lipinski definition) is 8. The number of esters is 2. The Morgan fingerprint density at radius 2 is 1.67 bits per heavy atom. The molecule has 1 aromatic carbocycles. The van der Waals surface area contributed by atoms with Crippen molar-refractivity contribution in [3.05, 3.63) is 23.8 Å². The summed E-state index contributed by atoms with van der Waals surface area (Å²) in [5.74, 6) is -1.92. The van der Waals surface area contributed by atoms with Crippen LogP contribution in [-0.4, -0.2) is 51.4 Å². The highest BCUT2D eigenvalue weighted by molar-refractivity contribution is 7.92. The van der Waals surface area contributed by atoms with Crippen LogP contribution in [-0.2, 0) is 28.9 Å². The van der Waals surface area contributed by atoms with Gasteiger partial charge in [-0.15, -0.1) is 0 Å². The minimum atomic E-state index is -3.74. The molecule has 0 spiro atoms. The lowest BCUT2D eigenvalue weighted by atomic mass is 9.98. The van der Waals surface area contributed by atoms with Gasteiger partial charge in [-0.1, -0.05) is 13.0 Å². The van der Waals surface area contributed by atoms with Crippen molar-refractivity contribution in [2.24, 2.45) is 5.41 Å². The molecule has 148 valence electrons. The number of carbonyl (C=O) groups is 2. The van der Waals surface area contributed by atoms with Crippen LogP contribution in [0.1, 0.15) is 32.3 Å². The zero-order chi connectivity index (χ0) is 19.8. The maximum Gasteiger partial charge on any atom is 0.325 e. The standard InChI is InChI=1S/C18H22O8S/c1-4-23-16(19)18(17(20)24-5-2)14(15(18)27(21,22)6-3)11-7-8-12-13(9-11)26-10-25-12/h7-9,14-15H,4-6,10H2,1-3H3/t14-,15+/m1/s1. The van der Waals surface area contributed by atoms with Gasteiger partial charge in [0.15, 0.2) is 26.8 Å². The fourth-order valence-corrected chi connectivity index (χ4v) is 5.61. The first kappa shape index (κ1) is 19.5. The van der Waals surface area contributed by atoms with Crippen molar-refractivity contribution in [2.75, 3.05) is 25.8 Å². The molecule has 0 amide bonds. The second-order valence-corrected chi connectivity index (χ2v) is 8.68. The van der Waals surface area contributed by atoms with Gasteiger partial charge in [0.05, 0.1) is 18.5 Å². The maximum atomic E-state index is 12.8. The van der Waals surface area contributed by atoms with E-state index in [2.05, 4.69) is 0 Å².